The van der Waals surface area contributed by atoms with Gasteiger partial charge in [-0.1, -0.05) is 12.8 Å². The summed E-state index contributed by atoms with van der Waals surface area (Å²) in [5.41, 5.74) is 0.106. The summed E-state index contributed by atoms with van der Waals surface area (Å²) in [5, 5.41) is 12.2. The van der Waals surface area contributed by atoms with E-state index in [0.717, 1.165) is 63.6 Å². The summed E-state index contributed by atoms with van der Waals surface area (Å²) in [6, 6.07) is 9.32. The molecule has 2 heterocycles. The first-order valence-corrected chi connectivity index (χ1v) is 14.3. The summed E-state index contributed by atoms with van der Waals surface area (Å²) in [4.78, 5) is 21.4. The Kier molecular flexibility index (Phi) is 8.67. The van der Waals surface area contributed by atoms with E-state index in [0.29, 0.717) is 23.9 Å². The lowest BCUT2D eigenvalue weighted by atomic mass is 9.92. The molecule has 5 rings (SSSR count). The number of piperazine rings is 1. The number of alkyl halides is 3. The molecule has 1 aromatic heterocycles. The van der Waals surface area contributed by atoms with Crippen LogP contribution in [0.15, 0.2) is 36.5 Å². The van der Waals surface area contributed by atoms with Gasteiger partial charge in [-0.3, -0.25) is 4.79 Å². The van der Waals surface area contributed by atoms with Crippen LogP contribution in [0, 0.1) is 17.2 Å². The fourth-order valence-electron chi connectivity index (χ4n) is 6.16. The van der Waals surface area contributed by atoms with Crippen molar-refractivity contribution in [2.24, 2.45) is 5.92 Å². The molecule has 0 radical (unpaired) electrons. The third kappa shape index (κ3) is 6.98. The molecule has 1 N–H and O–H groups in total. The number of carbonyl (C=O) groups is 1. The van der Waals surface area contributed by atoms with Crippen molar-refractivity contribution in [1.82, 2.24) is 9.88 Å². The van der Waals surface area contributed by atoms with E-state index in [1.165, 1.54) is 37.8 Å². The van der Waals surface area contributed by atoms with E-state index in [4.69, 9.17) is 10.00 Å². The molecule has 0 spiro atoms. The fraction of sp³-hybridized carbons (Fsp3) is 0.567. The number of ether oxygens (including phenoxy) is 1. The summed E-state index contributed by atoms with van der Waals surface area (Å²) < 4.78 is 46.1. The molecule has 1 aromatic carbocycles. The van der Waals surface area contributed by atoms with E-state index in [1.54, 1.807) is 12.3 Å². The van der Waals surface area contributed by atoms with Crippen LogP contribution in [0.5, 0.6) is 5.88 Å². The average molecular weight is 556 g/mol. The number of amides is 1. The van der Waals surface area contributed by atoms with E-state index in [-0.39, 0.29) is 23.6 Å². The lowest BCUT2D eigenvalue weighted by molar-refractivity contribution is -0.137. The molecule has 3 aliphatic rings. The van der Waals surface area contributed by atoms with E-state index in [1.807, 2.05) is 17.0 Å². The SMILES string of the molecule is N#Cc1ccc(N[C@H]2CC[C@H](Oc3cc(N4CCN(C(=O)CC5CCCC5)CC4)ccn3)CC2)cc1C(F)(F)F. The number of rotatable bonds is 7. The molecule has 2 aromatic rings. The van der Waals surface area contributed by atoms with Crippen LogP contribution in [0.1, 0.15) is 68.9 Å². The summed E-state index contributed by atoms with van der Waals surface area (Å²) >= 11 is 0. The van der Waals surface area contributed by atoms with E-state index in [2.05, 4.69) is 15.2 Å². The first kappa shape index (κ1) is 28.1. The van der Waals surface area contributed by atoms with Gasteiger partial charge in [-0.25, -0.2) is 4.98 Å². The normalized spacial score (nSPS) is 22.1. The van der Waals surface area contributed by atoms with Crippen molar-refractivity contribution in [3.05, 3.63) is 47.7 Å². The smallest absolute Gasteiger partial charge is 0.417 e. The summed E-state index contributed by atoms with van der Waals surface area (Å²) in [6.07, 6.45) is 5.74. The zero-order chi connectivity index (χ0) is 28.1. The van der Waals surface area contributed by atoms with Crippen LogP contribution in [-0.2, 0) is 11.0 Å². The summed E-state index contributed by atoms with van der Waals surface area (Å²) in [7, 11) is 0. The van der Waals surface area contributed by atoms with Crippen LogP contribution in [0.3, 0.4) is 0 Å². The van der Waals surface area contributed by atoms with E-state index >= 15 is 0 Å². The Bertz CT molecular complexity index is 1210. The minimum absolute atomic E-state index is 0.0162. The Hall–Kier alpha value is -3.48. The molecule has 0 bridgehead atoms. The Morgan fingerprint density at radius 1 is 1.02 bits per heavy atom. The average Bonchev–Trinajstić information content (AvgIpc) is 3.47. The highest BCUT2D eigenvalue weighted by molar-refractivity contribution is 5.76. The van der Waals surface area contributed by atoms with E-state index in [9.17, 15) is 18.0 Å². The van der Waals surface area contributed by atoms with Gasteiger partial charge in [-0.05, 0) is 68.7 Å². The molecule has 7 nitrogen and oxygen atoms in total. The number of hydrogen-bond acceptors (Lipinski definition) is 6. The Morgan fingerprint density at radius 3 is 2.42 bits per heavy atom. The first-order valence-electron chi connectivity index (χ1n) is 14.3. The third-order valence-electron chi connectivity index (χ3n) is 8.43. The number of nitriles is 1. The van der Waals surface area contributed by atoms with Crippen LogP contribution >= 0.6 is 0 Å². The molecule has 40 heavy (non-hydrogen) atoms. The number of pyridine rings is 1. The predicted octanol–water partition coefficient (Wildman–Crippen LogP) is 6.00. The molecule has 1 aliphatic heterocycles. The molecule has 1 amide bonds. The molecular formula is C30H36F3N5O2. The lowest BCUT2D eigenvalue weighted by Gasteiger charge is -2.36. The van der Waals surface area contributed by atoms with Gasteiger partial charge in [-0.15, -0.1) is 0 Å². The van der Waals surface area contributed by atoms with Crippen molar-refractivity contribution in [1.29, 1.82) is 5.26 Å². The Labute approximate surface area is 233 Å². The number of halogens is 3. The van der Waals surface area contributed by atoms with Gasteiger partial charge in [0.05, 0.1) is 17.2 Å². The maximum atomic E-state index is 13.3. The second-order valence-corrected chi connectivity index (χ2v) is 11.2. The van der Waals surface area contributed by atoms with Crippen LogP contribution in [0.4, 0.5) is 24.5 Å². The van der Waals surface area contributed by atoms with Crippen molar-refractivity contribution in [2.45, 2.75) is 76.1 Å². The van der Waals surface area contributed by atoms with Gasteiger partial charge >= 0.3 is 6.18 Å². The topological polar surface area (TPSA) is 81.5 Å². The number of nitrogens with zero attached hydrogens (tertiary/aromatic N) is 4. The lowest BCUT2D eigenvalue weighted by Crippen LogP contribution is -2.49. The molecule has 1 saturated heterocycles. The fourth-order valence-corrected chi connectivity index (χ4v) is 6.16. The Balaban J connectivity index is 1.09. The molecule has 2 saturated carbocycles. The van der Waals surface area contributed by atoms with Gasteiger partial charge in [0.1, 0.15) is 6.10 Å². The van der Waals surface area contributed by atoms with Crippen molar-refractivity contribution in [3.8, 4) is 11.9 Å². The maximum Gasteiger partial charge on any atom is 0.417 e. The second-order valence-electron chi connectivity index (χ2n) is 11.2. The van der Waals surface area contributed by atoms with Crippen molar-refractivity contribution in [3.63, 3.8) is 0 Å². The summed E-state index contributed by atoms with van der Waals surface area (Å²) in [5.74, 6) is 1.42. The van der Waals surface area contributed by atoms with Crippen molar-refractivity contribution in [2.75, 3.05) is 36.4 Å². The Morgan fingerprint density at radius 2 is 1.75 bits per heavy atom. The van der Waals surface area contributed by atoms with Crippen molar-refractivity contribution < 1.29 is 22.7 Å². The highest BCUT2D eigenvalue weighted by Crippen LogP contribution is 2.35. The van der Waals surface area contributed by atoms with Crippen LogP contribution < -0.4 is 15.0 Å². The van der Waals surface area contributed by atoms with Gasteiger partial charge < -0.3 is 19.9 Å². The predicted molar refractivity (Wildman–Crippen MR) is 146 cm³/mol. The third-order valence-corrected chi connectivity index (χ3v) is 8.43. The van der Waals surface area contributed by atoms with Gasteiger partial charge in [0.15, 0.2) is 0 Å². The van der Waals surface area contributed by atoms with Gasteiger partial charge in [0.2, 0.25) is 11.8 Å². The number of nitrogens with one attached hydrogen (secondary N) is 1. The number of hydrogen-bond donors (Lipinski definition) is 1. The number of anilines is 2. The summed E-state index contributed by atoms with van der Waals surface area (Å²) in [6.45, 7) is 3.01. The molecule has 0 unspecified atom stereocenters. The quantitative estimate of drug-likeness (QED) is 0.451. The van der Waals surface area contributed by atoms with Gasteiger partial charge in [-0.2, -0.15) is 18.4 Å². The molecule has 10 heteroatoms. The highest BCUT2D eigenvalue weighted by atomic mass is 19.4. The van der Waals surface area contributed by atoms with Crippen LogP contribution in [-0.4, -0.2) is 54.1 Å². The highest BCUT2D eigenvalue weighted by Gasteiger charge is 2.34. The molecule has 0 atom stereocenters. The van der Waals surface area contributed by atoms with Crippen LogP contribution in [0.25, 0.3) is 0 Å². The van der Waals surface area contributed by atoms with Crippen LogP contribution in [0.2, 0.25) is 0 Å². The number of benzene rings is 1. The zero-order valence-electron chi connectivity index (χ0n) is 22.6. The minimum atomic E-state index is -4.57. The largest absolute Gasteiger partial charge is 0.474 e. The maximum absolute atomic E-state index is 13.3. The zero-order valence-corrected chi connectivity index (χ0v) is 22.6. The van der Waals surface area contributed by atoms with Crippen molar-refractivity contribution >= 4 is 17.3 Å². The number of aromatic nitrogens is 1. The molecule has 3 fully saturated rings. The molecular weight excluding hydrogens is 519 g/mol. The monoisotopic (exact) mass is 555 g/mol. The van der Waals surface area contributed by atoms with Gasteiger partial charge in [0.25, 0.3) is 0 Å². The minimum Gasteiger partial charge on any atom is -0.474 e. The first-order chi connectivity index (χ1) is 19.3. The van der Waals surface area contributed by atoms with E-state index < -0.39 is 11.7 Å². The number of carbonyl (C=O) groups excluding carboxylic acids is 1. The molecule has 2 aliphatic carbocycles. The second kappa shape index (κ2) is 12.4. The standard InChI is InChI=1S/C30H36F3N5O2/c31-30(32,33)27-18-24(6-5-22(27)20-34)36-23-7-9-26(10-8-23)40-28-19-25(11-12-35-28)37-13-15-38(16-14-37)29(39)17-21-3-1-2-4-21/h5-6,11-12,18-19,21,23,26,36H,1-4,7-10,13-17H2/t23-,26-. The van der Waals surface area contributed by atoms with Gasteiger partial charge in [0, 0.05) is 62.3 Å². The molecule has 214 valence electrons.